The van der Waals surface area contributed by atoms with Crippen molar-refractivity contribution in [3.63, 3.8) is 0 Å². The second kappa shape index (κ2) is 8.68. The van der Waals surface area contributed by atoms with E-state index >= 15 is 0 Å². The molecule has 1 rings (SSSR count). The second-order valence-electron chi connectivity index (χ2n) is 4.99. The molecule has 0 spiro atoms. The molecule has 1 heterocycles. The Hall–Kier alpha value is -0.380. The van der Waals surface area contributed by atoms with E-state index in [0.29, 0.717) is 0 Å². The summed E-state index contributed by atoms with van der Waals surface area (Å²) in [5.74, 6) is 0.797. The van der Waals surface area contributed by atoms with Crippen LogP contribution in [-0.2, 0) is 13.1 Å². The van der Waals surface area contributed by atoms with Crippen LogP contribution in [0.15, 0.2) is 12.1 Å². The number of hydrogen-bond donors (Lipinski definition) is 1. The molecule has 1 aromatic heterocycles. The van der Waals surface area contributed by atoms with E-state index in [9.17, 15) is 0 Å². The first kappa shape index (κ1) is 15.7. The van der Waals surface area contributed by atoms with Crippen molar-refractivity contribution in [2.45, 2.75) is 47.2 Å². The lowest BCUT2D eigenvalue weighted by molar-refractivity contribution is 0.240. The van der Waals surface area contributed by atoms with Crippen molar-refractivity contribution in [2.75, 3.05) is 19.6 Å². The molecule has 2 nitrogen and oxygen atoms in total. The van der Waals surface area contributed by atoms with Gasteiger partial charge >= 0.3 is 0 Å². The number of rotatable bonds is 9. The van der Waals surface area contributed by atoms with Crippen LogP contribution in [0, 0.1) is 5.92 Å². The molecular weight excluding hydrogens is 240 g/mol. The molecule has 3 heteroatoms. The molecule has 0 amide bonds. The van der Waals surface area contributed by atoms with Gasteiger partial charge in [-0.2, -0.15) is 0 Å². The van der Waals surface area contributed by atoms with E-state index in [-0.39, 0.29) is 0 Å². The average Bonchev–Trinajstić information content (AvgIpc) is 2.82. The van der Waals surface area contributed by atoms with Gasteiger partial charge in [-0.05, 0) is 31.1 Å². The Morgan fingerprint density at radius 1 is 1.22 bits per heavy atom. The van der Waals surface area contributed by atoms with Crippen molar-refractivity contribution in [3.05, 3.63) is 21.9 Å². The van der Waals surface area contributed by atoms with Gasteiger partial charge in [0.15, 0.2) is 0 Å². The molecule has 104 valence electrons. The highest BCUT2D eigenvalue weighted by atomic mass is 32.1. The molecule has 1 N–H and O–H groups in total. The molecule has 1 aromatic rings. The molecule has 0 aliphatic heterocycles. The summed E-state index contributed by atoms with van der Waals surface area (Å²) in [7, 11) is 0. The fraction of sp³-hybridized carbons (Fsp3) is 0.733. The first-order valence-electron chi connectivity index (χ1n) is 7.20. The molecule has 0 saturated carbocycles. The van der Waals surface area contributed by atoms with Gasteiger partial charge in [-0.1, -0.05) is 34.1 Å². The first-order valence-corrected chi connectivity index (χ1v) is 8.01. The maximum absolute atomic E-state index is 3.38. The summed E-state index contributed by atoms with van der Waals surface area (Å²) in [6.45, 7) is 14.6. The smallest absolute Gasteiger partial charge is 0.0328 e. The van der Waals surface area contributed by atoms with E-state index in [1.807, 2.05) is 11.3 Å². The van der Waals surface area contributed by atoms with Gasteiger partial charge in [-0.25, -0.2) is 0 Å². The largest absolute Gasteiger partial charge is 0.312 e. The lowest BCUT2D eigenvalue weighted by atomic mass is 10.1. The molecule has 0 saturated heterocycles. The number of nitrogens with one attached hydrogen (secondary N) is 1. The SMILES string of the molecule is CCNCc1ccc(CN(CC)CC(C)CC)s1. The van der Waals surface area contributed by atoms with Crippen LogP contribution in [0.25, 0.3) is 0 Å². The van der Waals surface area contributed by atoms with Crippen LogP contribution in [0.2, 0.25) is 0 Å². The van der Waals surface area contributed by atoms with Crippen LogP contribution in [0.3, 0.4) is 0 Å². The predicted molar refractivity (Wildman–Crippen MR) is 82.1 cm³/mol. The van der Waals surface area contributed by atoms with Gasteiger partial charge in [0.05, 0.1) is 0 Å². The summed E-state index contributed by atoms with van der Waals surface area (Å²) >= 11 is 1.95. The van der Waals surface area contributed by atoms with Crippen LogP contribution in [0.4, 0.5) is 0 Å². The number of nitrogens with zero attached hydrogens (tertiary/aromatic N) is 1. The quantitative estimate of drug-likeness (QED) is 0.734. The maximum atomic E-state index is 3.38. The van der Waals surface area contributed by atoms with E-state index in [2.05, 4.69) is 50.0 Å². The minimum absolute atomic E-state index is 0.797. The van der Waals surface area contributed by atoms with Gasteiger partial charge in [-0.3, -0.25) is 4.90 Å². The van der Waals surface area contributed by atoms with E-state index in [0.717, 1.165) is 32.1 Å². The fourth-order valence-electron chi connectivity index (χ4n) is 1.95. The third-order valence-electron chi connectivity index (χ3n) is 3.36. The molecular formula is C15H28N2S. The fourth-order valence-corrected chi connectivity index (χ4v) is 2.98. The number of thiophene rings is 1. The summed E-state index contributed by atoms with van der Waals surface area (Å²) in [4.78, 5) is 5.50. The van der Waals surface area contributed by atoms with Crippen molar-refractivity contribution < 1.29 is 0 Å². The zero-order valence-electron chi connectivity index (χ0n) is 12.3. The number of hydrogen-bond acceptors (Lipinski definition) is 3. The molecule has 1 unspecified atom stereocenters. The first-order chi connectivity index (χ1) is 8.69. The van der Waals surface area contributed by atoms with Gasteiger partial charge < -0.3 is 5.32 Å². The third kappa shape index (κ3) is 5.51. The third-order valence-corrected chi connectivity index (χ3v) is 4.43. The van der Waals surface area contributed by atoms with Crippen LogP contribution in [0.5, 0.6) is 0 Å². The Kier molecular flexibility index (Phi) is 7.56. The van der Waals surface area contributed by atoms with Crippen molar-refractivity contribution in [1.82, 2.24) is 10.2 Å². The molecule has 18 heavy (non-hydrogen) atoms. The highest BCUT2D eigenvalue weighted by molar-refractivity contribution is 7.11. The molecule has 0 fully saturated rings. The highest BCUT2D eigenvalue weighted by Crippen LogP contribution is 2.19. The average molecular weight is 268 g/mol. The highest BCUT2D eigenvalue weighted by Gasteiger charge is 2.09. The molecule has 0 radical (unpaired) electrons. The van der Waals surface area contributed by atoms with Gasteiger partial charge in [0.2, 0.25) is 0 Å². The van der Waals surface area contributed by atoms with Crippen LogP contribution in [0.1, 0.15) is 43.9 Å². The monoisotopic (exact) mass is 268 g/mol. The lowest BCUT2D eigenvalue weighted by Gasteiger charge is -2.22. The minimum Gasteiger partial charge on any atom is -0.312 e. The van der Waals surface area contributed by atoms with Crippen molar-refractivity contribution >= 4 is 11.3 Å². The molecule has 0 aliphatic rings. The van der Waals surface area contributed by atoms with Gasteiger partial charge in [0, 0.05) is 29.4 Å². The van der Waals surface area contributed by atoms with Crippen LogP contribution in [-0.4, -0.2) is 24.5 Å². The lowest BCUT2D eigenvalue weighted by Crippen LogP contribution is -2.27. The minimum atomic E-state index is 0.797. The zero-order valence-corrected chi connectivity index (χ0v) is 13.1. The second-order valence-corrected chi connectivity index (χ2v) is 6.24. The normalized spacial score (nSPS) is 13.2. The summed E-state index contributed by atoms with van der Waals surface area (Å²) in [5.41, 5.74) is 0. The Morgan fingerprint density at radius 2 is 1.94 bits per heavy atom. The maximum Gasteiger partial charge on any atom is 0.0328 e. The summed E-state index contributed by atoms with van der Waals surface area (Å²) < 4.78 is 0. The van der Waals surface area contributed by atoms with Gasteiger partial charge in [-0.15, -0.1) is 11.3 Å². The Morgan fingerprint density at radius 3 is 2.56 bits per heavy atom. The standard InChI is InChI=1S/C15H28N2S/c1-5-13(4)11-17(7-3)12-15-9-8-14(18-15)10-16-6-2/h8-9,13,16H,5-7,10-12H2,1-4H3. The van der Waals surface area contributed by atoms with Crippen molar-refractivity contribution in [2.24, 2.45) is 5.92 Å². The topological polar surface area (TPSA) is 15.3 Å². The van der Waals surface area contributed by atoms with Gasteiger partial charge in [0.25, 0.3) is 0 Å². The van der Waals surface area contributed by atoms with Crippen LogP contribution >= 0.6 is 11.3 Å². The van der Waals surface area contributed by atoms with E-state index in [4.69, 9.17) is 0 Å². The van der Waals surface area contributed by atoms with E-state index in [1.54, 1.807) is 0 Å². The summed E-state index contributed by atoms with van der Waals surface area (Å²) in [6, 6.07) is 4.55. The van der Waals surface area contributed by atoms with Crippen molar-refractivity contribution in [3.8, 4) is 0 Å². The van der Waals surface area contributed by atoms with Crippen LogP contribution < -0.4 is 5.32 Å². The summed E-state index contributed by atoms with van der Waals surface area (Å²) in [5, 5.41) is 3.38. The summed E-state index contributed by atoms with van der Waals surface area (Å²) in [6.07, 6.45) is 1.27. The Labute approximate surface area is 116 Å². The van der Waals surface area contributed by atoms with E-state index < -0.39 is 0 Å². The molecule has 1 atom stereocenters. The Balaban J connectivity index is 2.46. The van der Waals surface area contributed by atoms with Crippen molar-refractivity contribution in [1.29, 1.82) is 0 Å². The van der Waals surface area contributed by atoms with Gasteiger partial charge in [0.1, 0.15) is 0 Å². The Bertz CT molecular complexity index is 322. The van der Waals surface area contributed by atoms with E-state index in [1.165, 1.54) is 22.7 Å². The molecule has 0 bridgehead atoms. The zero-order chi connectivity index (χ0) is 13.4. The molecule has 0 aliphatic carbocycles. The predicted octanol–water partition coefficient (Wildman–Crippen LogP) is 3.73. The molecule has 0 aromatic carbocycles.